The molecule has 0 aromatic heterocycles. The Morgan fingerprint density at radius 3 is 2.72 bits per heavy atom. The van der Waals surface area contributed by atoms with Crippen LogP contribution in [0.3, 0.4) is 0 Å². The second kappa shape index (κ2) is 8.31. The topological polar surface area (TPSA) is 72.3 Å². The molecule has 2 N–H and O–H groups in total. The van der Waals surface area contributed by atoms with Crippen LogP contribution in [0.2, 0.25) is 0 Å². The van der Waals surface area contributed by atoms with Crippen molar-refractivity contribution in [3.05, 3.63) is 24.3 Å². The van der Waals surface area contributed by atoms with Crippen molar-refractivity contribution in [2.45, 2.75) is 6.42 Å². The van der Waals surface area contributed by atoms with Crippen molar-refractivity contribution in [3.63, 3.8) is 0 Å². The van der Waals surface area contributed by atoms with E-state index in [2.05, 4.69) is 5.32 Å². The van der Waals surface area contributed by atoms with E-state index in [4.69, 9.17) is 9.47 Å². The van der Waals surface area contributed by atoms with Gasteiger partial charge >= 0.3 is 0 Å². The van der Waals surface area contributed by atoms with Crippen LogP contribution in [0.15, 0.2) is 24.3 Å². The second-order valence-electron chi connectivity index (χ2n) is 6.51. The molecule has 1 aromatic carbocycles. The number of methoxy groups -OCH3 is 1. The summed E-state index contributed by atoms with van der Waals surface area (Å²) >= 11 is 0. The third-order valence-electron chi connectivity index (χ3n) is 4.86. The lowest BCUT2D eigenvalue weighted by Gasteiger charge is -2.24. The molecule has 0 unspecified atom stereocenters. The number of quaternary nitrogens is 1. The smallest absolute Gasteiger partial charge is 0.227 e. The van der Waals surface area contributed by atoms with E-state index in [9.17, 15) is 9.59 Å². The van der Waals surface area contributed by atoms with E-state index < -0.39 is 0 Å². The molecule has 2 fully saturated rings. The lowest BCUT2D eigenvalue weighted by molar-refractivity contribution is -0.906. The summed E-state index contributed by atoms with van der Waals surface area (Å²) in [6.45, 7) is 5.53. The van der Waals surface area contributed by atoms with Gasteiger partial charge in [0.05, 0.1) is 39.3 Å². The Labute approximate surface area is 147 Å². The van der Waals surface area contributed by atoms with Gasteiger partial charge in [0.25, 0.3) is 0 Å². The zero-order valence-corrected chi connectivity index (χ0v) is 14.6. The average Bonchev–Trinajstić information content (AvgIpc) is 3.04. The molecule has 0 radical (unpaired) electrons. The van der Waals surface area contributed by atoms with Crippen molar-refractivity contribution >= 4 is 17.5 Å². The van der Waals surface area contributed by atoms with Crippen LogP contribution in [0.4, 0.5) is 5.69 Å². The molecule has 0 spiro atoms. The summed E-state index contributed by atoms with van der Waals surface area (Å²) in [6, 6.07) is 7.33. The monoisotopic (exact) mass is 348 g/mol. The molecule has 1 aromatic rings. The van der Waals surface area contributed by atoms with Gasteiger partial charge in [0.1, 0.15) is 18.8 Å². The first-order valence-corrected chi connectivity index (χ1v) is 8.81. The molecule has 1 atom stereocenters. The fourth-order valence-electron chi connectivity index (χ4n) is 3.31. The van der Waals surface area contributed by atoms with Gasteiger partial charge in [0.15, 0.2) is 0 Å². The molecule has 2 amide bonds. The molecule has 136 valence electrons. The third kappa shape index (κ3) is 4.49. The molecule has 0 saturated carbocycles. The summed E-state index contributed by atoms with van der Waals surface area (Å²) in [6.07, 6.45) is 0.266. The zero-order chi connectivity index (χ0) is 17.6. The van der Waals surface area contributed by atoms with E-state index in [1.807, 2.05) is 24.3 Å². The Morgan fingerprint density at radius 2 is 2.04 bits per heavy atom. The zero-order valence-electron chi connectivity index (χ0n) is 14.6. The highest BCUT2D eigenvalue weighted by atomic mass is 16.5. The third-order valence-corrected chi connectivity index (χ3v) is 4.86. The van der Waals surface area contributed by atoms with Crippen molar-refractivity contribution in [1.29, 1.82) is 0 Å². The number of benzene rings is 1. The Morgan fingerprint density at radius 1 is 1.32 bits per heavy atom. The lowest BCUT2D eigenvalue weighted by atomic mass is 10.1. The molecule has 0 aliphatic carbocycles. The Kier molecular flexibility index (Phi) is 5.88. The maximum Gasteiger partial charge on any atom is 0.227 e. The number of amides is 2. The van der Waals surface area contributed by atoms with Crippen molar-refractivity contribution in [1.82, 2.24) is 5.32 Å². The second-order valence-corrected chi connectivity index (χ2v) is 6.51. The van der Waals surface area contributed by atoms with Gasteiger partial charge in [-0.3, -0.25) is 9.59 Å². The number of carbonyl (C=O) groups excluding carboxylic acids is 2. The molecule has 0 bridgehead atoms. The summed E-state index contributed by atoms with van der Waals surface area (Å²) < 4.78 is 10.5. The molecule has 25 heavy (non-hydrogen) atoms. The molecular formula is C18H26N3O4+. The van der Waals surface area contributed by atoms with Gasteiger partial charge in [0.2, 0.25) is 11.8 Å². The highest BCUT2D eigenvalue weighted by Crippen LogP contribution is 2.26. The first kappa shape index (κ1) is 17.7. The van der Waals surface area contributed by atoms with Crippen LogP contribution in [0.25, 0.3) is 0 Å². The fourth-order valence-corrected chi connectivity index (χ4v) is 3.31. The summed E-state index contributed by atoms with van der Waals surface area (Å²) in [7, 11) is 1.61. The number of rotatable bonds is 6. The maximum atomic E-state index is 12.4. The highest BCUT2D eigenvalue weighted by molar-refractivity contribution is 6.00. The van der Waals surface area contributed by atoms with Crippen molar-refractivity contribution in [2.75, 3.05) is 57.9 Å². The number of nitrogens with one attached hydrogen (secondary N) is 2. The van der Waals surface area contributed by atoms with Crippen molar-refractivity contribution in [2.24, 2.45) is 5.92 Å². The van der Waals surface area contributed by atoms with E-state index in [0.717, 1.165) is 44.3 Å². The minimum Gasteiger partial charge on any atom is -0.497 e. The van der Waals surface area contributed by atoms with Crippen LogP contribution in [0.5, 0.6) is 5.75 Å². The van der Waals surface area contributed by atoms with Gasteiger partial charge in [-0.05, 0) is 24.3 Å². The fraction of sp³-hybridized carbons (Fsp3) is 0.556. The summed E-state index contributed by atoms with van der Waals surface area (Å²) in [4.78, 5) is 27.8. The highest BCUT2D eigenvalue weighted by Gasteiger charge is 2.35. The lowest BCUT2D eigenvalue weighted by Crippen LogP contribution is -3.14. The molecule has 3 rings (SSSR count). The predicted octanol–water partition coefficient (Wildman–Crippen LogP) is -0.921. The summed E-state index contributed by atoms with van der Waals surface area (Å²) in [5, 5.41) is 2.98. The molecular weight excluding hydrogens is 322 g/mol. The van der Waals surface area contributed by atoms with Gasteiger partial charge in [-0.1, -0.05) is 0 Å². The minimum absolute atomic E-state index is 0.0101. The van der Waals surface area contributed by atoms with Gasteiger partial charge in [-0.25, -0.2) is 0 Å². The van der Waals surface area contributed by atoms with E-state index >= 15 is 0 Å². The first-order chi connectivity index (χ1) is 12.2. The molecule has 2 aliphatic rings. The molecule has 7 heteroatoms. The molecule has 2 saturated heterocycles. The quantitative estimate of drug-likeness (QED) is 0.698. The SMILES string of the molecule is COc1ccc(N2C[C@H](C(=O)NCC[NH+]3CCOCC3)CC2=O)cc1. The van der Waals surface area contributed by atoms with E-state index in [1.54, 1.807) is 12.0 Å². The van der Waals surface area contributed by atoms with E-state index in [1.165, 1.54) is 4.90 Å². The average molecular weight is 348 g/mol. The van der Waals surface area contributed by atoms with Crippen molar-refractivity contribution < 1.29 is 24.0 Å². The van der Waals surface area contributed by atoms with Gasteiger partial charge in [-0.2, -0.15) is 0 Å². The van der Waals surface area contributed by atoms with Crippen LogP contribution < -0.4 is 19.9 Å². The molecule has 7 nitrogen and oxygen atoms in total. The Hall–Kier alpha value is -2.12. The van der Waals surface area contributed by atoms with Crippen LogP contribution in [-0.4, -0.2) is 64.9 Å². The number of carbonyl (C=O) groups is 2. The Balaban J connectivity index is 1.48. The van der Waals surface area contributed by atoms with Crippen LogP contribution in [0, 0.1) is 5.92 Å². The normalized spacial score (nSPS) is 21.4. The summed E-state index contributed by atoms with van der Waals surface area (Å²) in [5.41, 5.74) is 0.805. The van der Waals surface area contributed by atoms with Gasteiger partial charge in [-0.15, -0.1) is 0 Å². The number of hydrogen-bond donors (Lipinski definition) is 2. The number of morpholine rings is 1. The van der Waals surface area contributed by atoms with Gasteiger partial charge in [0, 0.05) is 18.7 Å². The number of ether oxygens (including phenoxy) is 2. The van der Waals surface area contributed by atoms with Crippen molar-refractivity contribution in [3.8, 4) is 5.75 Å². The first-order valence-electron chi connectivity index (χ1n) is 8.81. The molecule has 2 heterocycles. The standard InChI is InChI=1S/C18H25N3O4/c1-24-16-4-2-15(3-5-16)21-13-14(12-17(21)22)18(23)19-6-7-20-8-10-25-11-9-20/h2-5,14H,6-13H2,1H3,(H,19,23)/p+1/t14-/m1/s1. The predicted molar refractivity (Wildman–Crippen MR) is 92.8 cm³/mol. The summed E-state index contributed by atoms with van der Waals surface area (Å²) in [5.74, 6) is 0.422. The maximum absolute atomic E-state index is 12.4. The Bertz CT molecular complexity index is 599. The van der Waals surface area contributed by atoms with Gasteiger partial charge < -0.3 is 24.6 Å². The van der Waals surface area contributed by atoms with Crippen LogP contribution >= 0.6 is 0 Å². The largest absolute Gasteiger partial charge is 0.497 e. The number of hydrogen-bond acceptors (Lipinski definition) is 4. The minimum atomic E-state index is -0.283. The van der Waals surface area contributed by atoms with E-state index in [0.29, 0.717) is 13.1 Å². The van der Waals surface area contributed by atoms with E-state index in [-0.39, 0.29) is 24.2 Å². The van der Waals surface area contributed by atoms with Crippen LogP contribution in [0.1, 0.15) is 6.42 Å². The molecule has 2 aliphatic heterocycles. The number of anilines is 1. The van der Waals surface area contributed by atoms with Crippen LogP contribution in [-0.2, 0) is 14.3 Å². The number of nitrogens with zero attached hydrogens (tertiary/aromatic N) is 1.